The summed E-state index contributed by atoms with van der Waals surface area (Å²) in [5.41, 5.74) is -0.257. The molecule has 1 rings (SSSR count). The molecule has 5 nitrogen and oxygen atoms in total. The van der Waals surface area contributed by atoms with E-state index in [1.807, 2.05) is 20.8 Å². The standard InChI is InChI=1S/C12H22N2O3/c1-12(2,3)10-11(16)14(6-5-7-17-4)8-9(15)13-10/h10H,5-8H2,1-4H3,(H,13,15). The molecule has 0 bridgehead atoms. The van der Waals surface area contributed by atoms with Crippen LogP contribution in [0.25, 0.3) is 0 Å². The Labute approximate surface area is 102 Å². The van der Waals surface area contributed by atoms with Crippen molar-refractivity contribution in [3.05, 3.63) is 0 Å². The molecular weight excluding hydrogens is 220 g/mol. The van der Waals surface area contributed by atoms with Crippen LogP contribution in [-0.4, -0.2) is 49.6 Å². The van der Waals surface area contributed by atoms with E-state index in [0.717, 1.165) is 6.42 Å². The molecule has 17 heavy (non-hydrogen) atoms. The highest BCUT2D eigenvalue weighted by molar-refractivity contribution is 5.95. The van der Waals surface area contributed by atoms with E-state index in [1.165, 1.54) is 0 Å². The Balaban J connectivity index is 2.66. The predicted octanol–water partition coefficient (Wildman–Crippen LogP) is 0.396. The van der Waals surface area contributed by atoms with Crippen LogP contribution >= 0.6 is 0 Å². The Morgan fingerprint density at radius 1 is 1.41 bits per heavy atom. The topological polar surface area (TPSA) is 58.6 Å². The van der Waals surface area contributed by atoms with Crippen molar-refractivity contribution >= 4 is 11.8 Å². The normalized spacial score (nSPS) is 21.6. The first-order chi connectivity index (χ1) is 7.86. The van der Waals surface area contributed by atoms with Gasteiger partial charge in [0.25, 0.3) is 0 Å². The lowest BCUT2D eigenvalue weighted by Gasteiger charge is -2.38. The molecule has 0 radical (unpaired) electrons. The van der Waals surface area contributed by atoms with Crippen molar-refractivity contribution in [2.24, 2.45) is 5.41 Å². The van der Waals surface area contributed by atoms with Gasteiger partial charge in [-0.15, -0.1) is 0 Å². The summed E-state index contributed by atoms with van der Waals surface area (Å²) >= 11 is 0. The Bertz CT molecular complexity index is 297. The number of nitrogens with zero attached hydrogens (tertiary/aromatic N) is 1. The summed E-state index contributed by atoms with van der Waals surface area (Å²) in [7, 11) is 1.63. The molecule has 0 saturated carbocycles. The summed E-state index contributed by atoms with van der Waals surface area (Å²) in [5, 5.41) is 2.77. The minimum atomic E-state index is -0.425. The van der Waals surface area contributed by atoms with Gasteiger partial charge in [0.1, 0.15) is 6.04 Å². The van der Waals surface area contributed by atoms with Crippen LogP contribution in [0.15, 0.2) is 0 Å². The first-order valence-corrected chi connectivity index (χ1v) is 5.93. The quantitative estimate of drug-likeness (QED) is 0.726. The van der Waals surface area contributed by atoms with Crippen molar-refractivity contribution in [2.45, 2.75) is 33.2 Å². The van der Waals surface area contributed by atoms with Crippen molar-refractivity contribution in [1.82, 2.24) is 10.2 Å². The minimum absolute atomic E-state index is 0.00760. The van der Waals surface area contributed by atoms with E-state index in [9.17, 15) is 9.59 Å². The second kappa shape index (κ2) is 5.49. The summed E-state index contributed by atoms with van der Waals surface area (Å²) in [6, 6.07) is -0.425. The SMILES string of the molecule is COCCCN1CC(=O)NC(C(C)(C)C)C1=O. The molecule has 1 heterocycles. The van der Waals surface area contributed by atoms with E-state index in [-0.39, 0.29) is 23.8 Å². The highest BCUT2D eigenvalue weighted by atomic mass is 16.5. The van der Waals surface area contributed by atoms with E-state index >= 15 is 0 Å². The number of carbonyl (C=O) groups excluding carboxylic acids is 2. The molecule has 1 aliphatic heterocycles. The van der Waals surface area contributed by atoms with Gasteiger partial charge in [-0.3, -0.25) is 9.59 Å². The largest absolute Gasteiger partial charge is 0.385 e. The van der Waals surface area contributed by atoms with Gasteiger partial charge in [0, 0.05) is 20.3 Å². The number of hydrogen-bond acceptors (Lipinski definition) is 3. The molecule has 0 aromatic heterocycles. The van der Waals surface area contributed by atoms with Crippen molar-refractivity contribution < 1.29 is 14.3 Å². The molecule has 0 aromatic carbocycles. The summed E-state index contributed by atoms with van der Waals surface area (Å²) < 4.78 is 4.95. The first-order valence-electron chi connectivity index (χ1n) is 5.93. The third kappa shape index (κ3) is 3.70. The van der Waals surface area contributed by atoms with Gasteiger partial charge >= 0.3 is 0 Å². The third-order valence-electron chi connectivity index (χ3n) is 2.84. The number of carbonyl (C=O) groups is 2. The first kappa shape index (κ1) is 14.0. The Hall–Kier alpha value is -1.10. The molecule has 1 atom stereocenters. The van der Waals surface area contributed by atoms with Crippen LogP contribution < -0.4 is 5.32 Å². The van der Waals surface area contributed by atoms with E-state index in [0.29, 0.717) is 13.2 Å². The van der Waals surface area contributed by atoms with Gasteiger partial charge in [-0.25, -0.2) is 0 Å². The van der Waals surface area contributed by atoms with Gasteiger partial charge < -0.3 is 15.0 Å². The van der Waals surface area contributed by atoms with Crippen molar-refractivity contribution in [1.29, 1.82) is 0 Å². The van der Waals surface area contributed by atoms with Gasteiger partial charge in [0.15, 0.2) is 0 Å². The Kier molecular flexibility index (Phi) is 4.51. The van der Waals surface area contributed by atoms with Crippen LogP contribution in [0, 0.1) is 5.41 Å². The molecule has 1 N–H and O–H groups in total. The number of methoxy groups -OCH3 is 1. The molecule has 1 aliphatic rings. The number of rotatable bonds is 4. The highest BCUT2D eigenvalue weighted by Crippen LogP contribution is 2.23. The van der Waals surface area contributed by atoms with E-state index in [2.05, 4.69) is 5.32 Å². The lowest BCUT2D eigenvalue weighted by atomic mass is 9.85. The van der Waals surface area contributed by atoms with E-state index in [1.54, 1.807) is 12.0 Å². The summed E-state index contributed by atoms with van der Waals surface area (Å²) in [5.74, 6) is -0.0739. The van der Waals surface area contributed by atoms with Gasteiger partial charge in [-0.2, -0.15) is 0 Å². The lowest BCUT2D eigenvalue weighted by Crippen LogP contribution is -2.62. The van der Waals surface area contributed by atoms with Crippen molar-refractivity contribution in [3.8, 4) is 0 Å². The van der Waals surface area contributed by atoms with Crippen LogP contribution in [0.3, 0.4) is 0 Å². The second-order valence-electron chi connectivity index (χ2n) is 5.47. The fourth-order valence-corrected chi connectivity index (χ4v) is 1.88. The van der Waals surface area contributed by atoms with Gasteiger partial charge in [0.2, 0.25) is 11.8 Å². The van der Waals surface area contributed by atoms with Crippen LogP contribution in [0.1, 0.15) is 27.2 Å². The van der Waals surface area contributed by atoms with Crippen LogP contribution in [-0.2, 0) is 14.3 Å². The monoisotopic (exact) mass is 242 g/mol. The molecule has 2 amide bonds. The predicted molar refractivity (Wildman–Crippen MR) is 64.5 cm³/mol. The zero-order valence-corrected chi connectivity index (χ0v) is 11.1. The van der Waals surface area contributed by atoms with E-state index < -0.39 is 6.04 Å². The number of hydrogen-bond donors (Lipinski definition) is 1. The molecule has 0 aromatic rings. The van der Waals surface area contributed by atoms with E-state index in [4.69, 9.17) is 4.74 Å². The maximum atomic E-state index is 12.2. The number of amides is 2. The smallest absolute Gasteiger partial charge is 0.246 e. The molecule has 5 heteroatoms. The second-order valence-corrected chi connectivity index (χ2v) is 5.47. The van der Waals surface area contributed by atoms with Crippen LogP contribution in [0.5, 0.6) is 0 Å². The number of nitrogens with one attached hydrogen (secondary N) is 1. The maximum absolute atomic E-state index is 12.2. The lowest BCUT2D eigenvalue weighted by molar-refractivity contribution is -0.147. The summed E-state index contributed by atoms with van der Waals surface area (Å²) in [6.07, 6.45) is 0.756. The molecular formula is C12H22N2O3. The fourth-order valence-electron chi connectivity index (χ4n) is 1.88. The minimum Gasteiger partial charge on any atom is -0.385 e. The molecule has 1 saturated heterocycles. The third-order valence-corrected chi connectivity index (χ3v) is 2.84. The highest BCUT2D eigenvalue weighted by Gasteiger charge is 2.39. The fraction of sp³-hybridized carbons (Fsp3) is 0.833. The average Bonchev–Trinajstić information content (AvgIpc) is 2.21. The number of piperazine rings is 1. The zero-order chi connectivity index (χ0) is 13.1. The van der Waals surface area contributed by atoms with Crippen molar-refractivity contribution in [3.63, 3.8) is 0 Å². The summed E-state index contributed by atoms with van der Waals surface area (Å²) in [6.45, 7) is 7.20. The average molecular weight is 242 g/mol. The summed E-state index contributed by atoms with van der Waals surface area (Å²) in [4.78, 5) is 25.4. The molecule has 98 valence electrons. The zero-order valence-electron chi connectivity index (χ0n) is 11.1. The maximum Gasteiger partial charge on any atom is 0.246 e. The van der Waals surface area contributed by atoms with Gasteiger partial charge in [-0.1, -0.05) is 20.8 Å². The molecule has 0 spiro atoms. The van der Waals surface area contributed by atoms with Crippen molar-refractivity contribution in [2.75, 3.05) is 26.8 Å². The van der Waals surface area contributed by atoms with Crippen LogP contribution in [0.4, 0.5) is 0 Å². The molecule has 0 aliphatic carbocycles. The van der Waals surface area contributed by atoms with Gasteiger partial charge in [-0.05, 0) is 11.8 Å². The van der Waals surface area contributed by atoms with Crippen LogP contribution in [0.2, 0.25) is 0 Å². The number of ether oxygens (including phenoxy) is 1. The molecule has 1 fully saturated rings. The molecule has 1 unspecified atom stereocenters. The Morgan fingerprint density at radius 2 is 2.06 bits per heavy atom. The Morgan fingerprint density at radius 3 is 2.59 bits per heavy atom. The van der Waals surface area contributed by atoms with Gasteiger partial charge in [0.05, 0.1) is 6.54 Å².